The Morgan fingerprint density at radius 3 is 2.35 bits per heavy atom. The van der Waals surface area contributed by atoms with Crippen LogP contribution in [-0.4, -0.2) is 16.2 Å². The number of hydrogen-bond donors (Lipinski definition) is 0. The molecule has 0 radical (unpaired) electrons. The van der Waals surface area contributed by atoms with Crippen molar-refractivity contribution >= 4 is 75.1 Å². The van der Waals surface area contributed by atoms with Gasteiger partial charge in [-0.1, -0.05) is 65.4 Å². The predicted molar refractivity (Wildman–Crippen MR) is 130 cm³/mol. The fourth-order valence-electron chi connectivity index (χ4n) is 2.84. The van der Waals surface area contributed by atoms with Gasteiger partial charge in [0.05, 0.1) is 16.2 Å². The second-order valence-corrected chi connectivity index (χ2v) is 9.01. The van der Waals surface area contributed by atoms with E-state index >= 15 is 0 Å². The molecule has 31 heavy (non-hydrogen) atoms. The van der Waals surface area contributed by atoms with Gasteiger partial charge < -0.3 is 4.74 Å². The Hall–Kier alpha value is -2.64. The standard InChI is InChI=1S/C23H13Cl2NO3S2/c24-16-8-6-15(7-9-16)22(28)29-19-10-4-14(5-11-19)12-20-21(27)26(23(30)31-20)18-3-1-2-17(25)13-18/h1-13H/b20-12+. The first-order chi connectivity index (χ1) is 14.9. The molecule has 4 nitrogen and oxygen atoms in total. The van der Waals surface area contributed by atoms with Crippen LogP contribution in [0.1, 0.15) is 15.9 Å². The van der Waals surface area contributed by atoms with Gasteiger partial charge in [0.15, 0.2) is 4.32 Å². The van der Waals surface area contributed by atoms with Crippen molar-refractivity contribution in [3.05, 3.63) is 98.9 Å². The van der Waals surface area contributed by atoms with Crippen molar-refractivity contribution in [3.8, 4) is 5.75 Å². The summed E-state index contributed by atoms with van der Waals surface area (Å²) in [6.07, 6.45) is 1.74. The molecule has 0 N–H and O–H groups in total. The highest BCUT2D eigenvalue weighted by atomic mass is 35.5. The molecule has 1 aliphatic rings. The number of thiocarbonyl (C=S) groups is 1. The summed E-state index contributed by atoms with van der Waals surface area (Å²) in [7, 11) is 0. The molecule has 1 aliphatic heterocycles. The molecule has 154 valence electrons. The lowest BCUT2D eigenvalue weighted by Gasteiger charge is -2.14. The van der Waals surface area contributed by atoms with E-state index < -0.39 is 5.97 Å². The normalized spacial score (nSPS) is 14.9. The zero-order valence-corrected chi connectivity index (χ0v) is 18.9. The minimum atomic E-state index is -0.480. The number of amides is 1. The van der Waals surface area contributed by atoms with Crippen LogP contribution in [0, 0.1) is 0 Å². The lowest BCUT2D eigenvalue weighted by Crippen LogP contribution is -2.27. The molecule has 0 bridgehead atoms. The Kier molecular flexibility index (Phi) is 6.43. The van der Waals surface area contributed by atoms with Gasteiger partial charge in [0, 0.05) is 10.0 Å². The van der Waals surface area contributed by atoms with E-state index in [0.29, 0.717) is 36.3 Å². The van der Waals surface area contributed by atoms with Crippen molar-refractivity contribution in [2.24, 2.45) is 0 Å². The van der Waals surface area contributed by atoms with Crippen molar-refractivity contribution in [2.75, 3.05) is 4.90 Å². The molecule has 0 spiro atoms. The highest BCUT2D eigenvalue weighted by Crippen LogP contribution is 2.36. The van der Waals surface area contributed by atoms with Crippen molar-refractivity contribution in [2.45, 2.75) is 0 Å². The maximum absolute atomic E-state index is 12.9. The van der Waals surface area contributed by atoms with E-state index in [1.54, 1.807) is 78.9 Å². The van der Waals surface area contributed by atoms with Crippen LogP contribution in [0.3, 0.4) is 0 Å². The molecule has 1 fully saturated rings. The number of hydrogen-bond acceptors (Lipinski definition) is 5. The fourth-order valence-corrected chi connectivity index (χ4v) is 4.45. The zero-order chi connectivity index (χ0) is 22.0. The molecular formula is C23H13Cl2NO3S2. The van der Waals surface area contributed by atoms with Crippen LogP contribution in [0.5, 0.6) is 5.75 Å². The van der Waals surface area contributed by atoms with Crippen LogP contribution in [0.2, 0.25) is 10.0 Å². The SMILES string of the molecule is O=C(Oc1ccc(/C=C2/SC(=S)N(c3cccc(Cl)c3)C2=O)cc1)c1ccc(Cl)cc1. The van der Waals surface area contributed by atoms with Crippen LogP contribution in [0.15, 0.2) is 77.7 Å². The minimum absolute atomic E-state index is 0.212. The number of thioether (sulfide) groups is 1. The molecule has 3 aromatic carbocycles. The summed E-state index contributed by atoms with van der Waals surface area (Å²) in [4.78, 5) is 27.0. The summed E-state index contributed by atoms with van der Waals surface area (Å²) in [5, 5.41) is 1.07. The van der Waals surface area contributed by atoms with Gasteiger partial charge in [0.25, 0.3) is 5.91 Å². The van der Waals surface area contributed by atoms with E-state index in [0.717, 1.165) is 5.56 Å². The largest absolute Gasteiger partial charge is 0.423 e. The molecule has 1 heterocycles. The van der Waals surface area contributed by atoms with Crippen LogP contribution >= 0.6 is 47.2 Å². The van der Waals surface area contributed by atoms with E-state index in [2.05, 4.69) is 0 Å². The minimum Gasteiger partial charge on any atom is -0.423 e. The lowest BCUT2D eigenvalue weighted by atomic mass is 10.2. The molecule has 1 saturated heterocycles. The summed E-state index contributed by atoms with van der Waals surface area (Å²) in [6, 6.07) is 20.3. The number of rotatable bonds is 4. The van der Waals surface area contributed by atoms with Gasteiger partial charge in [-0.2, -0.15) is 0 Å². The molecule has 0 unspecified atom stereocenters. The van der Waals surface area contributed by atoms with E-state index in [-0.39, 0.29) is 5.91 Å². The Labute approximate surface area is 198 Å². The van der Waals surface area contributed by atoms with Gasteiger partial charge in [-0.15, -0.1) is 0 Å². The summed E-state index contributed by atoms with van der Waals surface area (Å²) < 4.78 is 5.81. The third kappa shape index (κ3) is 4.99. The second-order valence-electron chi connectivity index (χ2n) is 6.46. The van der Waals surface area contributed by atoms with Gasteiger partial charge in [-0.25, -0.2) is 4.79 Å². The molecule has 1 amide bonds. The topological polar surface area (TPSA) is 46.6 Å². The molecule has 0 atom stereocenters. The monoisotopic (exact) mass is 485 g/mol. The smallest absolute Gasteiger partial charge is 0.343 e. The number of anilines is 1. The Morgan fingerprint density at radius 1 is 0.968 bits per heavy atom. The van der Waals surface area contributed by atoms with Crippen molar-refractivity contribution < 1.29 is 14.3 Å². The van der Waals surface area contributed by atoms with Crippen LogP contribution < -0.4 is 9.64 Å². The van der Waals surface area contributed by atoms with E-state index in [1.807, 2.05) is 0 Å². The first-order valence-corrected chi connectivity index (χ1v) is 11.0. The van der Waals surface area contributed by atoms with Crippen molar-refractivity contribution in [3.63, 3.8) is 0 Å². The summed E-state index contributed by atoms with van der Waals surface area (Å²) in [6.45, 7) is 0. The van der Waals surface area contributed by atoms with Crippen molar-refractivity contribution in [1.29, 1.82) is 0 Å². The second kappa shape index (κ2) is 9.24. The Morgan fingerprint density at radius 2 is 1.68 bits per heavy atom. The molecular weight excluding hydrogens is 473 g/mol. The quantitative estimate of drug-likeness (QED) is 0.180. The number of ether oxygens (including phenoxy) is 1. The molecule has 4 rings (SSSR count). The molecule has 3 aromatic rings. The molecule has 0 saturated carbocycles. The fraction of sp³-hybridized carbons (Fsp3) is 0. The highest BCUT2D eigenvalue weighted by molar-refractivity contribution is 8.27. The highest BCUT2D eigenvalue weighted by Gasteiger charge is 2.33. The Bertz CT molecular complexity index is 1210. The summed E-state index contributed by atoms with van der Waals surface area (Å²) in [5.41, 5.74) is 1.80. The van der Waals surface area contributed by atoms with Gasteiger partial charge in [0.2, 0.25) is 0 Å². The Balaban J connectivity index is 1.48. The number of nitrogens with zero attached hydrogens (tertiary/aromatic N) is 1. The molecule has 0 aliphatic carbocycles. The van der Waals surface area contributed by atoms with E-state index in [9.17, 15) is 9.59 Å². The zero-order valence-electron chi connectivity index (χ0n) is 15.7. The first kappa shape index (κ1) is 21.6. The van der Waals surface area contributed by atoms with Gasteiger partial charge in [-0.05, 0) is 66.2 Å². The van der Waals surface area contributed by atoms with E-state index in [4.69, 9.17) is 40.2 Å². The van der Waals surface area contributed by atoms with Crippen LogP contribution in [-0.2, 0) is 4.79 Å². The third-order valence-corrected chi connectivity index (χ3v) is 6.12. The van der Waals surface area contributed by atoms with Gasteiger partial charge in [0.1, 0.15) is 5.75 Å². The maximum atomic E-state index is 12.9. The number of halogens is 2. The average Bonchev–Trinajstić information content (AvgIpc) is 3.02. The number of carbonyl (C=O) groups is 2. The number of benzene rings is 3. The summed E-state index contributed by atoms with van der Waals surface area (Å²) >= 11 is 18.5. The van der Waals surface area contributed by atoms with Gasteiger partial charge >= 0.3 is 5.97 Å². The van der Waals surface area contributed by atoms with Crippen molar-refractivity contribution in [1.82, 2.24) is 0 Å². The predicted octanol–water partition coefficient (Wildman–Crippen LogP) is 6.62. The van der Waals surface area contributed by atoms with Gasteiger partial charge in [-0.3, -0.25) is 9.69 Å². The number of esters is 1. The maximum Gasteiger partial charge on any atom is 0.343 e. The van der Waals surface area contributed by atoms with E-state index in [1.165, 1.54) is 16.7 Å². The first-order valence-electron chi connectivity index (χ1n) is 9.02. The molecule has 0 aromatic heterocycles. The number of carbonyl (C=O) groups excluding carboxylic acids is 2. The molecule has 8 heteroatoms. The summed E-state index contributed by atoms with van der Waals surface area (Å²) in [5.74, 6) is -0.300. The van der Waals surface area contributed by atoms with Crippen LogP contribution in [0.25, 0.3) is 6.08 Å². The average molecular weight is 486 g/mol. The third-order valence-electron chi connectivity index (χ3n) is 4.33. The lowest BCUT2D eigenvalue weighted by molar-refractivity contribution is -0.113. The van der Waals surface area contributed by atoms with Crippen LogP contribution in [0.4, 0.5) is 5.69 Å².